The van der Waals surface area contributed by atoms with E-state index in [0.29, 0.717) is 0 Å². The summed E-state index contributed by atoms with van der Waals surface area (Å²) in [5.41, 5.74) is 5.11. The van der Waals surface area contributed by atoms with Gasteiger partial charge in [-0.05, 0) is 43.2 Å². The molecule has 0 radical (unpaired) electrons. The minimum atomic E-state index is 0.145. The summed E-state index contributed by atoms with van der Waals surface area (Å²) in [5.74, 6) is 0.145. The maximum absolute atomic E-state index is 9.33. The van der Waals surface area contributed by atoms with E-state index < -0.39 is 0 Å². The van der Waals surface area contributed by atoms with E-state index in [4.69, 9.17) is 0 Å². The molecule has 3 aliphatic heterocycles. The Labute approximate surface area is 176 Å². The number of nitriles is 1. The summed E-state index contributed by atoms with van der Waals surface area (Å²) in [6.07, 6.45) is 3.32. The van der Waals surface area contributed by atoms with E-state index in [1.54, 1.807) is 0 Å². The molecule has 0 bridgehead atoms. The number of aryl methyl sites for hydroxylation is 1. The maximum Gasteiger partial charge on any atom is 0.0736 e. The highest BCUT2D eigenvalue weighted by Gasteiger charge is 2.30. The number of fused-ring (bicyclic) bond motifs is 1. The molecule has 2 aromatic rings. The lowest BCUT2D eigenvalue weighted by Crippen LogP contribution is -2.43. The van der Waals surface area contributed by atoms with Crippen LogP contribution in [0.5, 0.6) is 0 Å². The van der Waals surface area contributed by atoms with Gasteiger partial charge in [0.15, 0.2) is 0 Å². The highest BCUT2D eigenvalue weighted by molar-refractivity contribution is 7.13. The normalized spacial score (nSPS) is 23.9. The molecule has 0 saturated carbocycles. The van der Waals surface area contributed by atoms with Crippen LogP contribution in [0.1, 0.15) is 27.8 Å². The molecule has 6 heteroatoms. The summed E-state index contributed by atoms with van der Waals surface area (Å²) in [4.78, 5) is 7.49. The third-order valence-electron chi connectivity index (χ3n) is 6.17. The van der Waals surface area contributed by atoms with Crippen molar-refractivity contribution < 1.29 is 0 Å². The van der Waals surface area contributed by atoms with E-state index in [9.17, 15) is 5.26 Å². The first-order valence-corrected chi connectivity index (χ1v) is 11.3. The second kappa shape index (κ2) is 7.74. The van der Waals surface area contributed by atoms with Crippen molar-refractivity contribution in [2.45, 2.75) is 19.4 Å². The molecule has 4 heterocycles. The summed E-state index contributed by atoms with van der Waals surface area (Å²) >= 11 is 1.84. The molecule has 5 rings (SSSR count). The maximum atomic E-state index is 9.33. The van der Waals surface area contributed by atoms with E-state index in [-0.39, 0.29) is 12.0 Å². The van der Waals surface area contributed by atoms with Crippen LogP contribution in [0.3, 0.4) is 0 Å². The van der Waals surface area contributed by atoms with Crippen LogP contribution in [0, 0.1) is 24.2 Å². The number of piperazine rings is 1. The standard InChI is InChI=1S/C23H27N5S/c1-16-12-21-23(29-16)22(28-9-6-17(14-24)15-28)13-20(26-21)18-2-4-19(5-3-18)27-10-7-25-8-11-27/h2-5,12-13,17,20,25-26H,6-11,15H2,1H3. The lowest BCUT2D eigenvalue weighted by molar-refractivity contribution is 0.480. The Kier molecular flexibility index (Phi) is 4.94. The highest BCUT2D eigenvalue weighted by atomic mass is 32.1. The van der Waals surface area contributed by atoms with Gasteiger partial charge in [0.25, 0.3) is 0 Å². The fraction of sp³-hybridized carbons (Fsp3) is 0.435. The van der Waals surface area contributed by atoms with Crippen molar-refractivity contribution in [2.75, 3.05) is 49.5 Å². The summed E-state index contributed by atoms with van der Waals surface area (Å²) in [6.45, 7) is 8.22. The molecule has 0 spiro atoms. The number of likely N-dealkylation sites (tertiary alicyclic amines) is 1. The topological polar surface area (TPSA) is 54.3 Å². The minimum Gasteiger partial charge on any atom is -0.373 e. The average Bonchev–Trinajstić information content (AvgIpc) is 3.39. The molecule has 0 amide bonds. The molecule has 29 heavy (non-hydrogen) atoms. The van der Waals surface area contributed by atoms with E-state index >= 15 is 0 Å². The number of benzene rings is 1. The van der Waals surface area contributed by atoms with Crippen molar-refractivity contribution in [3.63, 3.8) is 0 Å². The molecule has 2 saturated heterocycles. The van der Waals surface area contributed by atoms with Crippen LogP contribution in [0.25, 0.3) is 5.70 Å². The number of thiophene rings is 1. The van der Waals surface area contributed by atoms with E-state index in [1.165, 1.54) is 32.4 Å². The summed E-state index contributed by atoms with van der Waals surface area (Å²) < 4.78 is 0. The smallest absolute Gasteiger partial charge is 0.0736 e. The number of hydrogen-bond acceptors (Lipinski definition) is 6. The highest BCUT2D eigenvalue weighted by Crippen LogP contribution is 2.43. The molecule has 3 aliphatic rings. The van der Waals surface area contributed by atoms with Crippen molar-refractivity contribution in [3.8, 4) is 6.07 Å². The number of nitrogens with zero attached hydrogens (tertiary/aromatic N) is 3. The Morgan fingerprint density at radius 3 is 2.62 bits per heavy atom. The van der Waals surface area contributed by atoms with Crippen LogP contribution in [0.4, 0.5) is 11.4 Å². The van der Waals surface area contributed by atoms with Gasteiger partial charge in [-0.15, -0.1) is 11.3 Å². The van der Waals surface area contributed by atoms with Crippen molar-refractivity contribution >= 4 is 28.4 Å². The van der Waals surface area contributed by atoms with E-state index in [1.807, 2.05) is 11.3 Å². The van der Waals surface area contributed by atoms with Crippen molar-refractivity contribution in [1.82, 2.24) is 10.2 Å². The van der Waals surface area contributed by atoms with Crippen molar-refractivity contribution in [1.29, 1.82) is 5.26 Å². The zero-order valence-electron chi connectivity index (χ0n) is 16.8. The van der Waals surface area contributed by atoms with Crippen LogP contribution < -0.4 is 15.5 Å². The average molecular weight is 406 g/mol. The number of nitrogens with one attached hydrogen (secondary N) is 2. The Bertz CT molecular complexity index is 949. The molecule has 2 fully saturated rings. The van der Waals surface area contributed by atoms with Gasteiger partial charge in [-0.3, -0.25) is 0 Å². The van der Waals surface area contributed by atoms with Crippen LogP contribution in [0.15, 0.2) is 36.4 Å². The number of anilines is 2. The first kappa shape index (κ1) is 18.5. The lowest BCUT2D eigenvalue weighted by atomic mass is 10.0. The van der Waals surface area contributed by atoms with Gasteiger partial charge in [-0.1, -0.05) is 12.1 Å². The van der Waals surface area contributed by atoms with Gasteiger partial charge >= 0.3 is 0 Å². The zero-order chi connectivity index (χ0) is 19.8. The first-order chi connectivity index (χ1) is 14.2. The third kappa shape index (κ3) is 3.61. The molecule has 1 aromatic heterocycles. The summed E-state index contributed by atoms with van der Waals surface area (Å²) in [5, 5.41) is 16.5. The third-order valence-corrected chi connectivity index (χ3v) is 7.24. The minimum absolute atomic E-state index is 0.145. The van der Waals surface area contributed by atoms with Gasteiger partial charge in [0.2, 0.25) is 0 Å². The summed E-state index contributed by atoms with van der Waals surface area (Å²) in [6, 6.07) is 13.9. The molecule has 1 aromatic carbocycles. The van der Waals surface area contributed by atoms with Crippen LogP contribution in [0.2, 0.25) is 0 Å². The van der Waals surface area contributed by atoms with Gasteiger partial charge < -0.3 is 20.4 Å². The van der Waals surface area contributed by atoms with Crippen LogP contribution >= 0.6 is 11.3 Å². The molecular weight excluding hydrogens is 378 g/mol. The predicted molar refractivity (Wildman–Crippen MR) is 120 cm³/mol. The quantitative estimate of drug-likeness (QED) is 0.813. The first-order valence-electron chi connectivity index (χ1n) is 10.5. The van der Waals surface area contributed by atoms with Crippen molar-refractivity contribution in [2.24, 2.45) is 5.92 Å². The van der Waals surface area contributed by atoms with Gasteiger partial charge in [0.1, 0.15) is 0 Å². The molecule has 5 nitrogen and oxygen atoms in total. The largest absolute Gasteiger partial charge is 0.373 e. The monoisotopic (exact) mass is 405 g/mol. The van der Waals surface area contributed by atoms with Crippen LogP contribution in [-0.2, 0) is 0 Å². The second-order valence-electron chi connectivity index (χ2n) is 8.16. The van der Waals surface area contributed by atoms with E-state index in [2.05, 4.69) is 69.8 Å². The molecular formula is C23H27N5S. The SMILES string of the molecule is Cc1cc2c(s1)C(N1CCC(C#N)C1)=CC(c1ccc(N3CCNCC3)cc1)N2. The molecule has 0 aliphatic carbocycles. The summed E-state index contributed by atoms with van der Waals surface area (Å²) in [7, 11) is 0. The predicted octanol–water partition coefficient (Wildman–Crippen LogP) is 3.82. The van der Waals surface area contributed by atoms with Crippen LogP contribution in [-0.4, -0.2) is 44.2 Å². The molecule has 2 unspecified atom stereocenters. The van der Waals surface area contributed by atoms with E-state index in [0.717, 1.165) is 45.7 Å². The van der Waals surface area contributed by atoms with Gasteiger partial charge in [0, 0.05) is 49.8 Å². The van der Waals surface area contributed by atoms with Gasteiger partial charge in [0.05, 0.1) is 34.3 Å². The molecule has 2 N–H and O–H groups in total. The Morgan fingerprint density at radius 1 is 1.10 bits per heavy atom. The molecule has 2 atom stereocenters. The number of hydrogen-bond donors (Lipinski definition) is 2. The lowest BCUT2D eigenvalue weighted by Gasteiger charge is -2.31. The second-order valence-corrected chi connectivity index (χ2v) is 9.42. The Balaban J connectivity index is 1.42. The van der Waals surface area contributed by atoms with Crippen molar-refractivity contribution in [3.05, 3.63) is 51.7 Å². The Morgan fingerprint density at radius 2 is 1.90 bits per heavy atom. The number of rotatable bonds is 3. The fourth-order valence-corrected chi connectivity index (χ4v) is 5.61. The Hall–Kier alpha value is -2.49. The van der Waals surface area contributed by atoms with Gasteiger partial charge in [-0.2, -0.15) is 5.26 Å². The fourth-order valence-electron chi connectivity index (χ4n) is 4.58. The van der Waals surface area contributed by atoms with Gasteiger partial charge in [-0.25, -0.2) is 0 Å². The zero-order valence-corrected chi connectivity index (χ0v) is 17.6. The molecule has 150 valence electrons.